The van der Waals surface area contributed by atoms with Crippen molar-refractivity contribution in [2.75, 3.05) is 17.2 Å². The lowest BCUT2D eigenvalue weighted by atomic mass is 10.1. The van der Waals surface area contributed by atoms with Gasteiger partial charge in [0.15, 0.2) is 18.2 Å². The molecule has 0 aliphatic carbocycles. The lowest BCUT2D eigenvalue weighted by Crippen LogP contribution is -2.13. The number of benzene rings is 1. The summed E-state index contributed by atoms with van der Waals surface area (Å²) >= 11 is 1.02. The number of anilines is 2. The number of thiophene rings is 1. The van der Waals surface area contributed by atoms with Gasteiger partial charge in [-0.1, -0.05) is 0 Å². The van der Waals surface area contributed by atoms with Crippen molar-refractivity contribution in [3.63, 3.8) is 0 Å². The second-order valence-corrected chi connectivity index (χ2v) is 6.94. The van der Waals surface area contributed by atoms with Gasteiger partial charge in [-0.2, -0.15) is 0 Å². The van der Waals surface area contributed by atoms with Crippen LogP contribution in [0.3, 0.4) is 0 Å². The number of ether oxygens (including phenoxy) is 1. The Balaban J connectivity index is 1.52. The molecule has 0 unspecified atom stereocenters. The molecule has 2 heterocycles. The van der Waals surface area contributed by atoms with Gasteiger partial charge in [-0.3, -0.25) is 14.4 Å². The zero-order valence-electron chi connectivity index (χ0n) is 15.3. The molecule has 29 heavy (non-hydrogen) atoms. The Kier molecular flexibility index (Phi) is 6.20. The minimum atomic E-state index is -0.670. The van der Waals surface area contributed by atoms with E-state index in [2.05, 4.69) is 10.6 Å². The summed E-state index contributed by atoms with van der Waals surface area (Å²) < 4.78 is 10.0. The van der Waals surface area contributed by atoms with Crippen LogP contribution in [-0.4, -0.2) is 30.2 Å². The molecule has 0 atom stereocenters. The molecule has 0 spiro atoms. The van der Waals surface area contributed by atoms with Crippen LogP contribution in [0.15, 0.2) is 59.2 Å². The van der Waals surface area contributed by atoms with Crippen LogP contribution in [0.25, 0.3) is 0 Å². The van der Waals surface area contributed by atoms with Crippen LogP contribution in [0.2, 0.25) is 0 Å². The van der Waals surface area contributed by atoms with Crippen LogP contribution in [0.4, 0.5) is 10.7 Å². The smallest absolute Gasteiger partial charge is 0.348 e. The molecule has 0 aliphatic rings. The predicted octanol–water partition coefficient (Wildman–Crippen LogP) is 3.59. The number of Topliss-reactive ketones (excluding diaryl/α,β-unsaturated/α-hetero) is 1. The fourth-order valence-electron chi connectivity index (χ4n) is 2.32. The number of carbonyl (C=O) groups is 4. The molecular weight excluding hydrogens is 396 g/mol. The second kappa shape index (κ2) is 8.98. The van der Waals surface area contributed by atoms with Gasteiger partial charge in [0, 0.05) is 18.2 Å². The first-order chi connectivity index (χ1) is 13.9. The van der Waals surface area contributed by atoms with Crippen LogP contribution >= 0.6 is 11.3 Å². The molecule has 1 aromatic carbocycles. The molecule has 0 bridgehead atoms. The summed E-state index contributed by atoms with van der Waals surface area (Å²) in [5.74, 6) is -1.55. The largest absolute Gasteiger partial charge is 0.459 e. The third kappa shape index (κ3) is 5.39. The fourth-order valence-corrected chi connectivity index (χ4v) is 3.12. The van der Waals surface area contributed by atoms with Gasteiger partial charge in [-0.25, -0.2) is 4.79 Å². The molecule has 2 amide bonds. The molecule has 0 saturated heterocycles. The van der Waals surface area contributed by atoms with Crippen molar-refractivity contribution >= 4 is 45.6 Å². The topological polar surface area (TPSA) is 115 Å². The van der Waals surface area contributed by atoms with Crippen molar-refractivity contribution in [3.8, 4) is 0 Å². The van der Waals surface area contributed by atoms with E-state index in [1.807, 2.05) is 0 Å². The molecular formula is C20H16N2O6S. The molecule has 9 heteroatoms. The minimum absolute atomic E-state index is 0.151. The third-order valence-corrected chi connectivity index (χ3v) is 4.63. The maximum absolute atomic E-state index is 12.2. The molecule has 3 rings (SSSR count). The highest BCUT2D eigenvalue weighted by molar-refractivity contribution is 7.18. The van der Waals surface area contributed by atoms with Gasteiger partial charge >= 0.3 is 5.97 Å². The minimum Gasteiger partial charge on any atom is -0.459 e. The first-order valence-electron chi connectivity index (χ1n) is 8.45. The number of esters is 1. The van der Waals surface area contributed by atoms with E-state index in [9.17, 15) is 19.2 Å². The lowest BCUT2D eigenvalue weighted by molar-refractivity contribution is -0.114. The Hall–Kier alpha value is -3.72. The molecule has 2 N–H and O–H groups in total. The number of nitrogens with one attached hydrogen (secondary N) is 2. The van der Waals surface area contributed by atoms with Crippen LogP contribution < -0.4 is 10.6 Å². The second-order valence-electron chi connectivity index (χ2n) is 5.85. The van der Waals surface area contributed by atoms with Gasteiger partial charge in [0.25, 0.3) is 5.91 Å². The number of furan rings is 1. The average Bonchev–Trinajstić information content (AvgIpc) is 3.38. The summed E-state index contributed by atoms with van der Waals surface area (Å²) in [6.07, 6.45) is 1.39. The summed E-state index contributed by atoms with van der Waals surface area (Å²) in [7, 11) is 0. The standard InChI is InChI=1S/C20H16N2O6S/c1-12(23)21-14-6-4-13(5-7-14)15(24)11-28-20(26)17-8-9-18(29-17)22-19(25)16-3-2-10-27-16/h2-10H,11H2,1H3,(H,21,23)(H,22,25). The van der Waals surface area contributed by atoms with E-state index < -0.39 is 18.5 Å². The van der Waals surface area contributed by atoms with Crippen molar-refractivity contribution in [3.05, 3.63) is 71.0 Å². The molecule has 2 aromatic heterocycles. The highest BCUT2D eigenvalue weighted by atomic mass is 32.1. The maximum Gasteiger partial charge on any atom is 0.348 e. The van der Waals surface area contributed by atoms with E-state index in [1.54, 1.807) is 24.3 Å². The van der Waals surface area contributed by atoms with Crippen LogP contribution in [0.5, 0.6) is 0 Å². The van der Waals surface area contributed by atoms with E-state index in [-0.39, 0.29) is 22.3 Å². The summed E-state index contributed by atoms with van der Waals surface area (Å²) in [6.45, 7) is 0.960. The van der Waals surface area contributed by atoms with Gasteiger partial charge in [0.1, 0.15) is 4.88 Å². The third-order valence-electron chi connectivity index (χ3n) is 3.65. The fraction of sp³-hybridized carbons (Fsp3) is 0.100. The van der Waals surface area contributed by atoms with Crippen molar-refractivity contribution in [1.29, 1.82) is 0 Å². The first-order valence-corrected chi connectivity index (χ1v) is 9.26. The number of carbonyl (C=O) groups excluding carboxylic acids is 4. The average molecular weight is 412 g/mol. The number of hydrogen-bond acceptors (Lipinski definition) is 7. The van der Waals surface area contributed by atoms with Crippen molar-refractivity contribution in [1.82, 2.24) is 0 Å². The van der Waals surface area contributed by atoms with E-state index in [0.717, 1.165) is 11.3 Å². The Labute approximate surface area is 169 Å². The Bertz CT molecular complexity index is 1040. The summed E-state index contributed by atoms with van der Waals surface area (Å²) in [5.41, 5.74) is 0.915. The Morgan fingerprint density at radius 1 is 1.00 bits per heavy atom. The molecule has 3 aromatic rings. The maximum atomic E-state index is 12.2. The normalized spacial score (nSPS) is 10.2. The van der Waals surface area contributed by atoms with Gasteiger partial charge in [0.2, 0.25) is 5.91 Å². The van der Waals surface area contributed by atoms with Crippen LogP contribution in [0, 0.1) is 0 Å². The monoisotopic (exact) mass is 412 g/mol. The number of amides is 2. The van der Waals surface area contributed by atoms with Gasteiger partial charge < -0.3 is 19.8 Å². The lowest BCUT2D eigenvalue weighted by Gasteiger charge is -2.05. The molecule has 0 fully saturated rings. The number of rotatable bonds is 7. The quantitative estimate of drug-likeness (QED) is 0.453. The van der Waals surface area contributed by atoms with E-state index >= 15 is 0 Å². The SMILES string of the molecule is CC(=O)Nc1ccc(C(=O)COC(=O)c2ccc(NC(=O)c3ccco3)s2)cc1. The first kappa shape index (κ1) is 20.0. The predicted molar refractivity (Wildman–Crippen MR) is 106 cm³/mol. The Morgan fingerprint density at radius 3 is 2.41 bits per heavy atom. The van der Waals surface area contributed by atoms with Crippen LogP contribution in [0.1, 0.15) is 37.5 Å². The highest BCUT2D eigenvalue weighted by Gasteiger charge is 2.16. The van der Waals surface area contributed by atoms with Crippen LogP contribution in [-0.2, 0) is 9.53 Å². The Morgan fingerprint density at radius 2 is 1.76 bits per heavy atom. The molecule has 8 nitrogen and oxygen atoms in total. The summed E-state index contributed by atoms with van der Waals surface area (Å²) in [5, 5.41) is 5.65. The molecule has 148 valence electrons. The highest BCUT2D eigenvalue weighted by Crippen LogP contribution is 2.23. The van der Waals surface area contributed by atoms with Crippen molar-refractivity contribution in [2.24, 2.45) is 0 Å². The number of hydrogen-bond donors (Lipinski definition) is 2. The molecule has 0 aliphatic heterocycles. The zero-order valence-corrected chi connectivity index (χ0v) is 16.1. The van der Waals surface area contributed by atoms with E-state index in [1.165, 1.54) is 37.5 Å². The van der Waals surface area contributed by atoms with Crippen molar-refractivity contribution < 1.29 is 28.3 Å². The van der Waals surface area contributed by atoms with Gasteiger partial charge in [-0.05, 0) is 48.5 Å². The van der Waals surface area contributed by atoms with Crippen molar-refractivity contribution in [2.45, 2.75) is 6.92 Å². The van der Waals surface area contributed by atoms with Gasteiger partial charge in [-0.15, -0.1) is 11.3 Å². The summed E-state index contributed by atoms with van der Waals surface area (Å²) in [4.78, 5) is 47.5. The van der Waals surface area contributed by atoms with E-state index in [0.29, 0.717) is 16.3 Å². The molecule has 0 saturated carbocycles. The van der Waals surface area contributed by atoms with E-state index in [4.69, 9.17) is 9.15 Å². The summed E-state index contributed by atoms with van der Waals surface area (Å²) in [6, 6.07) is 12.4. The molecule has 0 radical (unpaired) electrons. The number of ketones is 1. The van der Waals surface area contributed by atoms with Gasteiger partial charge in [0.05, 0.1) is 11.3 Å². The zero-order chi connectivity index (χ0) is 20.8.